The van der Waals surface area contributed by atoms with Gasteiger partial charge < -0.3 is 19.8 Å². The maximum atomic E-state index is 14.3. The van der Waals surface area contributed by atoms with E-state index in [2.05, 4.69) is 25.2 Å². The van der Waals surface area contributed by atoms with Crippen molar-refractivity contribution in [3.8, 4) is 11.6 Å². The molecule has 5 rings (SSSR count). The van der Waals surface area contributed by atoms with Gasteiger partial charge >= 0.3 is 6.18 Å². The Kier molecular flexibility index (Phi) is 6.45. The number of methoxy groups -OCH3 is 1. The molecule has 188 valence electrons. The Hall–Kier alpha value is -3.05. The highest BCUT2D eigenvalue weighted by molar-refractivity contribution is 5.82. The van der Waals surface area contributed by atoms with E-state index in [0.29, 0.717) is 43.5 Å². The van der Waals surface area contributed by atoms with Gasteiger partial charge in [0.1, 0.15) is 17.4 Å². The number of hydrogen-bond donors (Lipinski definition) is 2. The Balaban J connectivity index is 1.43. The number of nitrogens with one attached hydrogen (secondary N) is 2. The van der Waals surface area contributed by atoms with Crippen molar-refractivity contribution in [2.45, 2.75) is 38.0 Å². The number of ether oxygens (including phenoxy) is 2. The molecule has 2 atom stereocenters. The molecule has 2 N–H and O–H groups in total. The predicted octanol–water partition coefficient (Wildman–Crippen LogP) is 4.49. The molecule has 0 unspecified atom stereocenters. The molecule has 2 aromatic heterocycles. The van der Waals surface area contributed by atoms with Crippen LogP contribution >= 0.6 is 0 Å². The summed E-state index contributed by atoms with van der Waals surface area (Å²) in [6.07, 6.45) is -0.675. The van der Waals surface area contributed by atoms with E-state index in [1.165, 1.54) is 19.2 Å². The van der Waals surface area contributed by atoms with Gasteiger partial charge in [0.15, 0.2) is 0 Å². The number of fused-ring (bicyclic) bond motifs is 2. The van der Waals surface area contributed by atoms with Crippen LogP contribution in [0.25, 0.3) is 11.0 Å². The van der Waals surface area contributed by atoms with Crippen LogP contribution in [0.3, 0.4) is 0 Å². The van der Waals surface area contributed by atoms with Crippen LogP contribution in [0.1, 0.15) is 31.4 Å². The molecule has 1 aromatic carbocycles. The minimum atomic E-state index is -4.41. The summed E-state index contributed by atoms with van der Waals surface area (Å²) < 4.78 is 54.0. The van der Waals surface area contributed by atoms with E-state index in [9.17, 15) is 13.2 Å². The van der Waals surface area contributed by atoms with Gasteiger partial charge in [0.05, 0.1) is 24.8 Å². The van der Waals surface area contributed by atoms with Crippen LogP contribution in [0.15, 0.2) is 30.5 Å². The summed E-state index contributed by atoms with van der Waals surface area (Å²) in [5.74, 6) is 0.948. The normalized spacial score (nSPS) is 20.1. The summed E-state index contributed by atoms with van der Waals surface area (Å²) in [6, 6.07) is 4.86. The number of piperazine rings is 1. The minimum Gasteiger partial charge on any atom is -0.495 e. The zero-order valence-corrected chi connectivity index (χ0v) is 19.7. The standard InChI is InChI=1S/C24H29F3N6O2/c1-3-35-22-17-8-9-28-21(17)30-23(31-22)29-18-7-6-15(13-19(18)34-2)20(24(25,26)27)33-12-11-32-10-4-5-16(32)14-33/h6-9,13,16,20H,3-5,10-12,14H2,1-2H3,(H2,28,29,30,31)/t16-,20+/m1/s1. The van der Waals surface area contributed by atoms with E-state index in [1.54, 1.807) is 17.2 Å². The first-order chi connectivity index (χ1) is 16.9. The fraction of sp³-hybridized carbons (Fsp3) is 0.500. The Morgan fingerprint density at radius 3 is 2.83 bits per heavy atom. The van der Waals surface area contributed by atoms with Crippen molar-refractivity contribution in [3.63, 3.8) is 0 Å². The van der Waals surface area contributed by atoms with Crippen molar-refractivity contribution in [2.24, 2.45) is 0 Å². The fourth-order valence-corrected chi connectivity index (χ4v) is 5.17. The first-order valence-electron chi connectivity index (χ1n) is 11.8. The first-order valence-corrected chi connectivity index (χ1v) is 11.8. The molecule has 2 saturated heterocycles. The van der Waals surface area contributed by atoms with E-state index < -0.39 is 12.2 Å². The van der Waals surface area contributed by atoms with Crippen LogP contribution in [-0.2, 0) is 0 Å². The SMILES string of the molecule is CCOc1nc(Nc2ccc([C@H](N3CCN4CCC[C@@H]4C3)C(F)(F)F)cc2OC)nc2[nH]ccc12. The predicted molar refractivity (Wildman–Crippen MR) is 126 cm³/mol. The average molecular weight is 491 g/mol. The maximum absolute atomic E-state index is 14.3. The smallest absolute Gasteiger partial charge is 0.408 e. The number of benzene rings is 1. The number of aromatic amines is 1. The van der Waals surface area contributed by atoms with Gasteiger partial charge in [-0.3, -0.25) is 9.80 Å². The van der Waals surface area contributed by atoms with Gasteiger partial charge in [-0.1, -0.05) is 6.07 Å². The Morgan fingerprint density at radius 2 is 2.06 bits per heavy atom. The zero-order chi connectivity index (χ0) is 24.6. The van der Waals surface area contributed by atoms with Crippen molar-refractivity contribution in [1.82, 2.24) is 24.8 Å². The lowest BCUT2D eigenvalue weighted by Gasteiger charge is -2.42. The molecule has 4 heterocycles. The number of H-pyrrole nitrogens is 1. The maximum Gasteiger partial charge on any atom is 0.408 e. The molecule has 0 aliphatic carbocycles. The van der Waals surface area contributed by atoms with Crippen molar-refractivity contribution in [3.05, 3.63) is 36.0 Å². The monoisotopic (exact) mass is 490 g/mol. The number of nitrogens with zero attached hydrogens (tertiary/aromatic N) is 4. The summed E-state index contributed by atoms with van der Waals surface area (Å²) in [6.45, 7) is 4.73. The highest BCUT2D eigenvalue weighted by atomic mass is 19.4. The number of aromatic nitrogens is 3. The second-order valence-corrected chi connectivity index (χ2v) is 8.88. The average Bonchev–Trinajstić information content (AvgIpc) is 3.48. The molecule has 2 fully saturated rings. The Bertz CT molecular complexity index is 1180. The second-order valence-electron chi connectivity index (χ2n) is 8.88. The molecule has 3 aromatic rings. The number of hydrogen-bond acceptors (Lipinski definition) is 7. The third-order valence-corrected chi connectivity index (χ3v) is 6.74. The van der Waals surface area contributed by atoms with Crippen LogP contribution in [0.5, 0.6) is 11.6 Å². The molecule has 2 aliphatic rings. The minimum absolute atomic E-state index is 0.155. The van der Waals surface area contributed by atoms with Gasteiger partial charge in [-0.2, -0.15) is 23.1 Å². The number of rotatable bonds is 7. The summed E-state index contributed by atoms with van der Waals surface area (Å²) in [5.41, 5.74) is 1.21. The fourth-order valence-electron chi connectivity index (χ4n) is 5.17. The van der Waals surface area contributed by atoms with E-state index in [4.69, 9.17) is 9.47 Å². The molecular formula is C24H29F3N6O2. The molecule has 35 heavy (non-hydrogen) atoms. The molecule has 0 spiro atoms. The highest BCUT2D eigenvalue weighted by Gasteiger charge is 2.47. The molecule has 0 radical (unpaired) electrons. The van der Waals surface area contributed by atoms with Gasteiger partial charge in [0.2, 0.25) is 11.8 Å². The van der Waals surface area contributed by atoms with Gasteiger partial charge in [-0.05, 0) is 50.1 Å². The van der Waals surface area contributed by atoms with Gasteiger partial charge in [-0.25, -0.2) is 0 Å². The van der Waals surface area contributed by atoms with E-state index >= 15 is 0 Å². The molecule has 8 nitrogen and oxygen atoms in total. The molecular weight excluding hydrogens is 461 g/mol. The van der Waals surface area contributed by atoms with Gasteiger partial charge in [0.25, 0.3) is 0 Å². The van der Waals surface area contributed by atoms with Crippen LogP contribution in [0, 0.1) is 0 Å². The molecule has 0 saturated carbocycles. The Labute approximate surface area is 201 Å². The van der Waals surface area contributed by atoms with Crippen molar-refractivity contribution >= 4 is 22.7 Å². The zero-order valence-electron chi connectivity index (χ0n) is 19.7. The number of halogens is 3. The largest absolute Gasteiger partial charge is 0.495 e. The first kappa shape index (κ1) is 23.7. The third kappa shape index (κ3) is 4.74. The number of alkyl halides is 3. The van der Waals surface area contributed by atoms with Gasteiger partial charge in [-0.15, -0.1) is 0 Å². The molecule has 2 aliphatic heterocycles. The molecule has 0 bridgehead atoms. The molecule has 11 heteroatoms. The van der Waals surface area contributed by atoms with E-state index in [0.717, 1.165) is 24.8 Å². The molecule has 0 amide bonds. The van der Waals surface area contributed by atoms with Crippen LogP contribution < -0.4 is 14.8 Å². The summed E-state index contributed by atoms with van der Waals surface area (Å²) in [5, 5.41) is 3.82. The van der Waals surface area contributed by atoms with Crippen molar-refractivity contribution < 1.29 is 22.6 Å². The van der Waals surface area contributed by atoms with Crippen LogP contribution in [-0.4, -0.2) is 76.9 Å². The third-order valence-electron chi connectivity index (χ3n) is 6.74. The van der Waals surface area contributed by atoms with Crippen molar-refractivity contribution in [1.29, 1.82) is 0 Å². The quantitative estimate of drug-likeness (QED) is 0.505. The summed E-state index contributed by atoms with van der Waals surface area (Å²) in [4.78, 5) is 15.8. The topological polar surface area (TPSA) is 78.5 Å². The Morgan fingerprint density at radius 1 is 1.20 bits per heavy atom. The lowest BCUT2D eigenvalue weighted by molar-refractivity contribution is -0.192. The van der Waals surface area contributed by atoms with E-state index in [-0.39, 0.29) is 23.3 Å². The number of anilines is 2. The summed E-state index contributed by atoms with van der Waals surface area (Å²) in [7, 11) is 1.44. The second kappa shape index (κ2) is 9.54. The lowest BCUT2D eigenvalue weighted by atomic mass is 10.0. The van der Waals surface area contributed by atoms with E-state index in [1.807, 2.05) is 13.0 Å². The van der Waals surface area contributed by atoms with Crippen LogP contribution in [0.2, 0.25) is 0 Å². The van der Waals surface area contributed by atoms with Gasteiger partial charge in [0, 0.05) is 31.9 Å². The van der Waals surface area contributed by atoms with Crippen LogP contribution in [0.4, 0.5) is 24.8 Å². The van der Waals surface area contributed by atoms with Crippen molar-refractivity contribution in [2.75, 3.05) is 45.2 Å². The highest BCUT2D eigenvalue weighted by Crippen LogP contribution is 2.42. The summed E-state index contributed by atoms with van der Waals surface area (Å²) >= 11 is 0. The lowest BCUT2D eigenvalue weighted by Crippen LogP contribution is -2.53.